The van der Waals surface area contributed by atoms with Crippen LogP contribution in [0.2, 0.25) is 0 Å². The fraction of sp³-hybridized carbons (Fsp3) is 0.474. The van der Waals surface area contributed by atoms with Gasteiger partial charge in [0.2, 0.25) is 0 Å². The summed E-state index contributed by atoms with van der Waals surface area (Å²) < 4.78 is 249. The molecule has 0 radical (unpaired) electrons. The van der Waals surface area contributed by atoms with Crippen LogP contribution >= 0.6 is 0 Å². The molecule has 0 bridgehead atoms. The van der Waals surface area contributed by atoms with Crippen molar-refractivity contribution >= 4 is 20.9 Å². The molecule has 0 aliphatic carbocycles. The van der Waals surface area contributed by atoms with E-state index >= 15 is 0 Å². The second kappa shape index (κ2) is 11.0. The zero-order valence-electron chi connectivity index (χ0n) is 18.9. The van der Waals surface area contributed by atoms with E-state index in [1.807, 2.05) is 0 Å². The predicted octanol–water partition coefficient (Wildman–Crippen LogP) is 4.00. The van der Waals surface area contributed by atoms with Crippen molar-refractivity contribution in [3.8, 4) is 0 Å². The Morgan fingerprint density at radius 3 is 1.57 bits per heavy atom. The van der Waals surface area contributed by atoms with E-state index < -0.39 is 85.7 Å². The normalized spacial score (nSPS) is 14.9. The fourth-order valence-electron chi connectivity index (χ4n) is 3.16. The zero-order chi connectivity index (χ0) is 30.8. The van der Waals surface area contributed by atoms with Crippen molar-refractivity contribution in [2.75, 3.05) is 0 Å². The molecular formula is C19H9F16KO3S. The van der Waals surface area contributed by atoms with Gasteiger partial charge in [0.05, 0.1) is 4.90 Å². The first kappa shape index (κ1) is 37.2. The van der Waals surface area contributed by atoms with Gasteiger partial charge in [0.25, 0.3) is 0 Å². The summed E-state index contributed by atoms with van der Waals surface area (Å²) >= 11 is 0. The smallest absolute Gasteiger partial charge is 0.744 e. The van der Waals surface area contributed by atoms with Gasteiger partial charge >= 0.3 is 99.3 Å². The standard InChI is InChI=1S/C19H10F16O3S.K/c20-12(21)14(24,25)16(28,29)18(32,33)19(34,35)17(30,31)15(26,27)13(22,23)7-9-3-1-2-8-6-10(39(36,37)38)4-5-11(8)9;/h1-6,12H,7H2,(H,36,37,38);/q;+1/p-1. The van der Waals surface area contributed by atoms with Gasteiger partial charge in [-0.2, -0.15) is 61.5 Å². The molecule has 3 nitrogen and oxygen atoms in total. The predicted molar refractivity (Wildman–Crippen MR) is 96.2 cm³/mol. The monoisotopic (exact) mass is 660 g/mol. The van der Waals surface area contributed by atoms with Crippen molar-refractivity contribution in [1.29, 1.82) is 0 Å². The maximum absolute atomic E-state index is 14.3. The first-order valence-electron chi connectivity index (χ1n) is 9.51. The van der Waals surface area contributed by atoms with Crippen LogP contribution in [0, 0.1) is 0 Å². The summed E-state index contributed by atoms with van der Waals surface area (Å²) in [4.78, 5) is -1.00. The van der Waals surface area contributed by atoms with E-state index in [9.17, 15) is 83.2 Å². The molecule has 0 saturated carbocycles. The summed E-state index contributed by atoms with van der Waals surface area (Å²) in [6.07, 6.45) is -8.69. The molecular weight excluding hydrogens is 651 g/mol. The second-order valence-electron chi connectivity index (χ2n) is 7.93. The molecule has 0 heterocycles. The van der Waals surface area contributed by atoms with Crippen LogP contribution in [0.25, 0.3) is 10.8 Å². The van der Waals surface area contributed by atoms with Crippen molar-refractivity contribution in [1.82, 2.24) is 0 Å². The molecule has 40 heavy (non-hydrogen) atoms. The number of fused-ring (bicyclic) bond motifs is 1. The molecule has 0 atom stereocenters. The van der Waals surface area contributed by atoms with Gasteiger partial charge in [-0.1, -0.05) is 24.3 Å². The summed E-state index contributed by atoms with van der Waals surface area (Å²) in [5, 5.41) is -1.19. The van der Waals surface area contributed by atoms with E-state index in [0.717, 1.165) is 6.07 Å². The van der Waals surface area contributed by atoms with E-state index in [1.165, 1.54) is 0 Å². The Morgan fingerprint density at radius 1 is 0.675 bits per heavy atom. The van der Waals surface area contributed by atoms with Crippen LogP contribution in [-0.4, -0.2) is 60.9 Å². The van der Waals surface area contributed by atoms with Gasteiger partial charge in [0.15, 0.2) is 0 Å². The quantitative estimate of drug-likeness (QED) is 0.220. The minimum absolute atomic E-state index is 0. The molecule has 0 aliphatic rings. The summed E-state index contributed by atoms with van der Waals surface area (Å²) in [6, 6.07) is 3.43. The van der Waals surface area contributed by atoms with Gasteiger partial charge in [-0.3, -0.25) is 0 Å². The van der Waals surface area contributed by atoms with Gasteiger partial charge < -0.3 is 4.55 Å². The Morgan fingerprint density at radius 2 is 1.12 bits per heavy atom. The maximum Gasteiger partial charge on any atom is 1.00 e. The van der Waals surface area contributed by atoms with Crippen molar-refractivity contribution in [2.24, 2.45) is 0 Å². The van der Waals surface area contributed by atoms with E-state index in [4.69, 9.17) is 0 Å². The minimum atomic E-state index is -8.50. The van der Waals surface area contributed by atoms with E-state index in [0.29, 0.717) is 30.3 Å². The summed E-state index contributed by atoms with van der Waals surface area (Å²) in [7, 11) is -5.18. The van der Waals surface area contributed by atoms with Crippen molar-refractivity contribution in [3.63, 3.8) is 0 Å². The third-order valence-electron chi connectivity index (χ3n) is 5.37. The molecule has 0 aromatic heterocycles. The molecule has 0 unspecified atom stereocenters. The molecule has 0 saturated heterocycles. The Labute approximate surface area is 255 Å². The van der Waals surface area contributed by atoms with E-state index in [2.05, 4.69) is 0 Å². The Kier molecular flexibility index (Phi) is 10.2. The summed E-state index contributed by atoms with van der Waals surface area (Å²) in [5.41, 5.74) is -1.19. The minimum Gasteiger partial charge on any atom is -0.744 e. The largest absolute Gasteiger partial charge is 1.00 e. The topological polar surface area (TPSA) is 57.2 Å². The van der Waals surface area contributed by atoms with Crippen molar-refractivity contribution < 1.29 is 135 Å². The van der Waals surface area contributed by atoms with Crippen LogP contribution in [0.3, 0.4) is 0 Å². The first-order valence-corrected chi connectivity index (χ1v) is 10.9. The molecule has 2 rings (SSSR count). The average Bonchev–Trinajstić information content (AvgIpc) is 2.77. The first-order chi connectivity index (χ1) is 17.1. The van der Waals surface area contributed by atoms with Crippen molar-refractivity contribution in [2.45, 2.75) is 59.2 Å². The second-order valence-corrected chi connectivity index (χ2v) is 9.31. The van der Waals surface area contributed by atoms with Gasteiger partial charge in [-0.25, -0.2) is 17.2 Å². The number of hydrogen-bond acceptors (Lipinski definition) is 3. The number of halogens is 16. The molecule has 222 valence electrons. The number of alkyl halides is 16. The number of benzene rings is 2. The number of hydrogen-bond donors (Lipinski definition) is 0. The van der Waals surface area contributed by atoms with Crippen molar-refractivity contribution in [3.05, 3.63) is 42.0 Å². The van der Waals surface area contributed by atoms with E-state index in [1.54, 1.807) is 0 Å². The van der Waals surface area contributed by atoms with Crippen LogP contribution in [0.4, 0.5) is 70.2 Å². The van der Waals surface area contributed by atoms with Gasteiger partial charge in [0.1, 0.15) is 10.1 Å². The third-order valence-corrected chi connectivity index (χ3v) is 6.20. The molecule has 0 amide bonds. The van der Waals surface area contributed by atoms with Crippen LogP contribution in [0.15, 0.2) is 41.3 Å². The molecule has 0 fully saturated rings. The van der Waals surface area contributed by atoms with Gasteiger partial charge in [0, 0.05) is 6.42 Å². The molecule has 0 N–H and O–H groups in total. The van der Waals surface area contributed by atoms with Crippen LogP contribution in [-0.2, 0) is 16.5 Å². The number of rotatable bonds is 10. The SMILES string of the molecule is O=S(=O)([O-])c1ccc2c(CC(F)(F)C(F)(F)C(F)(F)C(F)(F)C(F)(F)C(F)(F)C(F)(F)C(F)F)cccc2c1.[K+]. The molecule has 2 aromatic rings. The zero-order valence-corrected chi connectivity index (χ0v) is 22.9. The summed E-state index contributed by atoms with van der Waals surface area (Å²) in [5.74, 6) is -55.2. The Balaban J connectivity index is 0.00000800. The van der Waals surface area contributed by atoms with Crippen LogP contribution < -0.4 is 51.4 Å². The van der Waals surface area contributed by atoms with Gasteiger partial charge in [-0.05, 0) is 28.5 Å². The molecule has 2 aromatic carbocycles. The van der Waals surface area contributed by atoms with Gasteiger partial charge in [-0.15, -0.1) is 0 Å². The molecule has 0 aliphatic heterocycles. The van der Waals surface area contributed by atoms with Crippen LogP contribution in [0.1, 0.15) is 5.56 Å². The summed E-state index contributed by atoms with van der Waals surface area (Å²) in [6.45, 7) is 0. The van der Waals surface area contributed by atoms with Crippen LogP contribution in [0.5, 0.6) is 0 Å². The Hall–Kier alpha value is -0.874. The average molecular weight is 660 g/mol. The maximum atomic E-state index is 14.3. The molecule has 0 spiro atoms. The fourth-order valence-corrected chi connectivity index (χ4v) is 3.66. The van der Waals surface area contributed by atoms with E-state index in [-0.39, 0.29) is 51.4 Å². The Bertz CT molecular complexity index is 1340. The third kappa shape index (κ3) is 5.59. The molecule has 21 heteroatoms.